The summed E-state index contributed by atoms with van der Waals surface area (Å²) in [5.41, 5.74) is 0.305. The predicted molar refractivity (Wildman–Crippen MR) is 99.9 cm³/mol. The second kappa shape index (κ2) is 8.73. The van der Waals surface area contributed by atoms with E-state index in [4.69, 9.17) is 16.3 Å². The number of carbonyl (C=O) groups is 2. The highest BCUT2D eigenvalue weighted by atomic mass is 35.5. The number of ether oxygens (including phenoxy) is 1. The Kier molecular flexibility index (Phi) is 6.89. The molecule has 0 spiro atoms. The van der Waals surface area contributed by atoms with E-state index in [0.717, 1.165) is 12.0 Å². The van der Waals surface area contributed by atoms with Crippen LogP contribution in [-0.2, 0) is 16.1 Å². The van der Waals surface area contributed by atoms with Gasteiger partial charge in [0.15, 0.2) is 0 Å². The molecule has 1 aromatic carbocycles. The largest absolute Gasteiger partial charge is 0.444 e. The van der Waals surface area contributed by atoms with Gasteiger partial charge in [-0.25, -0.2) is 4.79 Å². The third-order valence-electron chi connectivity index (χ3n) is 4.13. The molecule has 0 unspecified atom stereocenters. The summed E-state index contributed by atoms with van der Waals surface area (Å²) in [7, 11) is 0. The van der Waals surface area contributed by atoms with Crippen LogP contribution < -0.4 is 0 Å². The lowest BCUT2D eigenvalue weighted by molar-refractivity contribution is -0.137. The molecular formula is C19H27ClN2O4. The van der Waals surface area contributed by atoms with Crippen molar-refractivity contribution in [3.05, 3.63) is 34.9 Å². The predicted octanol–water partition coefficient (Wildman–Crippen LogP) is 3.06. The third kappa shape index (κ3) is 5.61. The fraction of sp³-hybridized carbons (Fsp3) is 0.579. The van der Waals surface area contributed by atoms with E-state index in [0.29, 0.717) is 24.5 Å². The van der Waals surface area contributed by atoms with Gasteiger partial charge in [-0.1, -0.05) is 23.7 Å². The van der Waals surface area contributed by atoms with Crippen molar-refractivity contribution in [2.24, 2.45) is 0 Å². The average Bonchev–Trinajstić information content (AvgIpc) is 3.04. The number of aliphatic hydroxyl groups is 1. The average molecular weight is 383 g/mol. The number of nitrogens with zero attached hydrogens (tertiary/aromatic N) is 2. The maximum Gasteiger partial charge on any atom is 0.410 e. The standard InChI is InChI=1S/C19H27ClN2O4/c1-19(2,3)26-18(25)22-10-4-5-16(22)17(24)21(11-12-23)13-14-6-8-15(20)9-7-14/h6-9,16,23H,4-5,10-13H2,1-3H3/t16-/m1/s1. The third-order valence-corrected chi connectivity index (χ3v) is 4.39. The second-order valence-electron chi connectivity index (χ2n) is 7.44. The molecule has 1 aliphatic heterocycles. The van der Waals surface area contributed by atoms with Crippen molar-refractivity contribution in [2.75, 3.05) is 19.7 Å². The van der Waals surface area contributed by atoms with Gasteiger partial charge in [0.25, 0.3) is 0 Å². The quantitative estimate of drug-likeness (QED) is 0.849. The van der Waals surface area contributed by atoms with Crippen molar-refractivity contribution in [2.45, 2.75) is 51.8 Å². The van der Waals surface area contributed by atoms with Gasteiger partial charge >= 0.3 is 6.09 Å². The lowest BCUT2D eigenvalue weighted by Gasteiger charge is -2.31. The van der Waals surface area contributed by atoms with Crippen LogP contribution >= 0.6 is 11.6 Å². The van der Waals surface area contributed by atoms with E-state index in [-0.39, 0.29) is 19.1 Å². The van der Waals surface area contributed by atoms with E-state index in [1.54, 1.807) is 37.8 Å². The first-order chi connectivity index (χ1) is 12.2. The van der Waals surface area contributed by atoms with Crippen LogP contribution in [0.2, 0.25) is 5.02 Å². The number of amides is 2. The molecule has 26 heavy (non-hydrogen) atoms. The highest BCUT2D eigenvalue weighted by Crippen LogP contribution is 2.23. The topological polar surface area (TPSA) is 70.1 Å². The van der Waals surface area contributed by atoms with Crippen LogP contribution in [0.15, 0.2) is 24.3 Å². The van der Waals surface area contributed by atoms with Gasteiger partial charge in [-0.15, -0.1) is 0 Å². The van der Waals surface area contributed by atoms with Crippen LogP contribution in [0.5, 0.6) is 0 Å². The number of halogens is 1. The van der Waals surface area contributed by atoms with E-state index in [9.17, 15) is 14.7 Å². The number of carbonyl (C=O) groups excluding carboxylic acids is 2. The van der Waals surface area contributed by atoms with Crippen molar-refractivity contribution in [3.63, 3.8) is 0 Å². The minimum atomic E-state index is -0.610. The Balaban J connectivity index is 2.11. The molecule has 2 rings (SSSR count). The Labute approximate surface area is 159 Å². The first-order valence-corrected chi connectivity index (χ1v) is 9.23. The number of benzene rings is 1. The zero-order valence-corrected chi connectivity index (χ0v) is 16.3. The first kappa shape index (κ1) is 20.5. The van der Waals surface area contributed by atoms with Gasteiger partial charge in [0.2, 0.25) is 5.91 Å². The summed E-state index contributed by atoms with van der Waals surface area (Å²) in [4.78, 5) is 28.5. The summed E-state index contributed by atoms with van der Waals surface area (Å²) < 4.78 is 5.43. The lowest BCUT2D eigenvalue weighted by atomic mass is 10.1. The zero-order valence-electron chi connectivity index (χ0n) is 15.6. The van der Waals surface area contributed by atoms with Crippen molar-refractivity contribution in [1.82, 2.24) is 9.80 Å². The minimum absolute atomic E-state index is 0.140. The molecule has 1 aromatic rings. The molecule has 0 radical (unpaired) electrons. The molecule has 2 amide bonds. The van der Waals surface area contributed by atoms with Crippen molar-refractivity contribution in [1.29, 1.82) is 0 Å². The van der Waals surface area contributed by atoms with Crippen LogP contribution in [-0.4, -0.2) is 58.2 Å². The van der Waals surface area contributed by atoms with Gasteiger partial charge in [0.1, 0.15) is 11.6 Å². The van der Waals surface area contributed by atoms with Crippen LogP contribution in [0.25, 0.3) is 0 Å². The van der Waals surface area contributed by atoms with E-state index < -0.39 is 17.7 Å². The summed E-state index contributed by atoms with van der Waals surface area (Å²) >= 11 is 5.90. The monoisotopic (exact) mass is 382 g/mol. The normalized spacial score (nSPS) is 17.3. The van der Waals surface area contributed by atoms with Crippen LogP contribution in [0, 0.1) is 0 Å². The molecular weight excluding hydrogens is 356 g/mol. The Hall–Kier alpha value is -1.79. The van der Waals surface area contributed by atoms with Crippen molar-refractivity contribution in [3.8, 4) is 0 Å². The summed E-state index contributed by atoms with van der Waals surface area (Å²) in [5, 5.41) is 9.98. The highest BCUT2D eigenvalue weighted by molar-refractivity contribution is 6.30. The Morgan fingerprint density at radius 2 is 1.96 bits per heavy atom. The molecule has 0 saturated carbocycles. The molecule has 0 aliphatic carbocycles. The summed E-state index contributed by atoms with van der Waals surface area (Å²) in [6, 6.07) is 6.67. The molecule has 6 nitrogen and oxygen atoms in total. The molecule has 1 fully saturated rings. The van der Waals surface area contributed by atoms with Gasteiger partial charge in [0.05, 0.1) is 6.61 Å². The smallest absolute Gasteiger partial charge is 0.410 e. The molecule has 1 aliphatic rings. The fourth-order valence-corrected chi connectivity index (χ4v) is 3.10. The van der Waals surface area contributed by atoms with Gasteiger partial charge in [-0.05, 0) is 51.3 Å². The van der Waals surface area contributed by atoms with Gasteiger partial charge in [-0.2, -0.15) is 0 Å². The maximum absolute atomic E-state index is 13.0. The Morgan fingerprint density at radius 3 is 2.54 bits per heavy atom. The number of aliphatic hydroxyl groups excluding tert-OH is 1. The summed E-state index contributed by atoms with van der Waals surface area (Å²) in [6.07, 6.45) is 0.883. The molecule has 7 heteroatoms. The van der Waals surface area contributed by atoms with Crippen LogP contribution in [0.3, 0.4) is 0 Å². The lowest BCUT2D eigenvalue weighted by Crippen LogP contribution is -2.49. The van der Waals surface area contributed by atoms with E-state index >= 15 is 0 Å². The minimum Gasteiger partial charge on any atom is -0.444 e. The molecule has 1 saturated heterocycles. The number of hydrogen-bond donors (Lipinski definition) is 1. The van der Waals surface area contributed by atoms with Gasteiger partial charge in [0, 0.05) is 24.7 Å². The van der Waals surface area contributed by atoms with E-state index in [1.807, 2.05) is 12.1 Å². The second-order valence-corrected chi connectivity index (χ2v) is 7.88. The number of hydrogen-bond acceptors (Lipinski definition) is 4. The van der Waals surface area contributed by atoms with Crippen LogP contribution in [0.4, 0.5) is 4.79 Å². The molecule has 1 N–H and O–H groups in total. The molecule has 0 aromatic heterocycles. The molecule has 1 heterocycles. The summed E-state index contributed by atoms with van der Waals surface area (Å²) in [6.45, 7) is 6.33. The fourth-order valence-electron chi connectivity index (χ4n) is 2.97. The van der Waals surface area contributed by atoms with E-state index in [2.05, 4.69) is 0 Å². The summed E-state index contributed by atoms with van der Waals surface area (Å²) in [5.74, 6) is -0.169. The van der Waals surface area contributed by atoms with Crippen molar-refractivity contribution < 1.29 is 19.4 Å². The molecule has 144 valence electrons. The van der Waals surface area contributed by atoms with E-state index in [1.165, 1.54) is 4.90 Å². The molecule has 1 atom stereocenters. The number of likely N-dealkylation sites (tertiary alicyclic amines) is 1. The van der Waals surface area contributed by atoms with Crippen LogP contribution in [0.1, 0.15) is 39.2 Å². The SMILES string of the molecule is CC(C)(C)OC(=O)N1CCC[C@@H]1C(=O)N(CCO)Cc1ccc(Cl)cc1. The number of rotatable bonds is 5. The maximum atomic E-state index is 13.0. The Morgan fingerprint density at radius 1 is 1.31 bits per heavy atom. The van der Waals surface area contributed by atoms with Gasteiger partial charge < -0.3 is 14.7 Å². The molecule has 0 bridgehead atoms. The highest BCUT2D eigenvalue weighted by Gasteiger charge is 2.38. The first-order valence-electron chi connectivity index (χ1n) is 8.85. The Bertz CT molecular complexity index is 627. The van der Waals surface area contributed by atoms with Gasteiger partial charge in [-0.3, -0.25) is 9.69 Å². The zero-order chi connectivity index (χ0) is 19.3. The van der Waals surface area contributed by atoms with Crippen molar-refractivity contribution >= 4 is 23.6 Å².